The second-order valence-electron chi connectivity index (χ2n) is 8.65. The van der Waals surface area contributed by atoms with Gasteiger partial charge in [0.05, 0.1) is 12.1 Å². The average Bonchev–Trinajstić information content (AvgIpc) is 2.80. The molecule has 30 heavy (non-hydrogen) atoms. The maximum absolute atomic E-state index is 12.9. The lowest BCUT2D eigenvalue weighted by molar-refractivity contribution is -0.125. The summed E-state index contributed by atoms with van der Waals surface area (Å²) in [6.07, 6.45) is 11.0. The molecule has 2 fully saturated rings. The van der Waals surface area contributed by atoms with Gasteiger partial charge in [-0.2, -0.15) is 0 Å². The molecule has 2 saturated heterocycles. The van der Waals surface area contributed by atoms with Crippen LogP contribution in [0.25, 0.3) is 0 Å². The third kappa shape index (κ3) is 5.17. The van der Waals surface area contributed by atoms with Crippen LogP contribution in [0, 0.1) is 5.92 Å². The number of rotatable bonds is 6. The van der Waals surface area contributed by atoms with Crippen LogP contribution >= 0.6 is 0 Å². The molecule has 2 aromatic rings. The molecule has 0 saturated carbocycles. The first-order valence-electron chi connectivity index (χ1n) is 11.3. The molecule has 2 aliphatic heterocycles. The van der Waals surface area contributed by atoms with Crippen molar-refractivity contribution in [3.05, 3.63) is 54.0 Å². The fourth-order valence-electron chi connectivity index (χ4n) is 4.68. The summed E-state index contributed by atoms with van der Waals surface area (Å²) in [5.41, 5.74) is 2.56. The molecular formula is C24H33N5O. The molecule has 160 valence electrons. The van der Waals surface area contributed by atoms with Crippen LogP contribution in [0.1, 0.15) is 50.2 Å². The van der Waals surface area contributed by atoms with Gasteiger partial charge in [0, 0.05) is 44.6 Å². The van der Waals surface area contributed by atoms with E-state index in [4.69, 9.17) is 0 Å². The lowest BCUT2D eigenvalue weighted by Gasteiger charge is -2.34. The number of likely N-dealkylation sites (tertiary alicyclic amines) is 1. The van der Waals surface area contributed by atoms with E-state index in [0.717, 1.165) is 31.7 Å². The molecule has 6 nitrogen and oxygen atoms in total. The second kappa shape index (κ2) is 10.0. The lowest BCUT2D eigenvalue weighted by Crippen LogP contribution is -2.43. The van der Waals surface area contributed by atoms with Crippen molar-refractivity contribution < 1.29 is 4.79 Å². The van der Waals surface area contributed by atoms with E-state index in [-0.39, 0.29) is 11.8 Å². The first-order valence-corrected chi connectivity index (χ1v) is 11.3. The molecule has 3 heterocycles. The Hall–Kier alpha value is -2.47. The van der Waals surface area contributed by atoms with Crippen LogP contribution in [-0.4, -0.2) is 46.5 Å². The van der Waals surface area contributed by atoms with Crippen LogP contribution in [0.5, 0.6) is 0 Å². The summed E-state index contributed by atoms with van der Waals surface area (Å²) in [6.45, 7) is 6.70. The van der Waals surface area contributed by atoms with Crippen molar-refractivity contribution in [2.24, 2.45) is 5.92 Å². The smallest absolute Gasteiger partial charge is 0.225 e. The molecule has 0 bridgehead atoms. The summed E-state index contributed by atoms with van der Waals surface area (Å²) in [5, 5.41) is 3.21. The lowest BCUT2D eigenvalue weighted by atomic mass is 9.96. The van der Waals surface area contributed by atoms with Gasteiger partial charge >= 0.3 is 0 Å². The number of anilines is 1. The van der Waals surface area contributed by atoms with Crippen molar-refractivity contribution in [3.63, 3.8) is 0 Å². The maximum atomic E-state index is 12.9. The van der Waals surface area contributed by atoms with Crippen LogP contribution < -0.4 is 10.2 Å². The summed E-state index contributed by atoms with van der Waals surface area (Å²) >= 11 is 0. The molecular weight excluding hydrogens is 374 g/mol. The minimum absolute atomic E-state index is 0.00460. The molecule has 1 aromatic heterocycles. The first kappa shape index (κ1) is 20.8. The Morgan fingerprint density at radius 3 is 2.77 bits per heavy atom. The summed E-state index contributed by atoms with van der Waals surface area (Å²) in [4.78, 5) is 26.2. The molecule has 2 atom stereocenters. The summed E-state index contributed by atoms with van der Waals surface area (Å²) in [5.74, 6) is 0.996. The van der Waals surface area contributed by atoms with Gasteiger partial charge in [-0.1, -0.05) is 30.7 Å². The van der Waals surface area contributed by atoms with Crippen LogP contribution in [0.15, 0.2) is 42.9 Å². The van der Waals surface area contributed by atoms with E-state index in [2.05, 4.69) is 56.3 Å². The Morgan fingerprint density at radius 1 is 1.10 bits per heavy atom. The molecule has 0 spiro atoms. The molecule has 1 amide bonds. The van der Waals surface area contributed by atoms with E-state index in [0.29, 0.717) is 19.1 Å². The van der Waals surface area contributed by atoms with E-state index in [1.807, 2.05) is 0 Å². The molecule has 0 unspecified atom stereocenters. The van der Waals surface area contributed by atoms with Crippen LogP contribution in [-0.2, 0) is 17.9 Å². The van der Waals surface area contributed by atoms with Crippen LogP contribution in [0.3, 0.4) is 0 Å². The molecule has 6 heteroatoms. The van der Waals surface area contributed by atoms with Crippen molar-refractivity contribution >= 4 is 11.7 Å². The third-order valence-corrected chi connectivity index (χ3v) is 6.55. The van der Waals surface area contributed by atoms with Crippen LogP contribution in [0.4, 0.5) is 5.82 Å². The zero-order valence-corrected chi connectivity index (χ0v) is 18.0. The van der Waals surface area contributed by atoms with E-state index in [1.165, 1.54) is 36.9 Å². The van der Waals surface area contributed by atoms with E-state index >= 15 is 0 Å². The van der Waals surface area contributed by atoms with E-state index in [1.54, 1.807) is 18.6 Å². The molecule has 0 aliphatic carbocycles. The number of aromatic nitrogens is 2. The molecule has 2 aliphatic rings. The number of carbonyl (C=O) groups excluding carboxylic acids is 1. The van der Waals surface area contributed by atoms with Crippen LogP contribution in [0.2, 0.25) is 0 Å². The predicted molar refractivity (Wildman–Crippen MR) is 119 cm³/mol. The fraction of sp³-hybridized carbons (Fsp3) is 0.542. The molecule has 0 radical (unpaired) electrons. The third-order valence-electron chi connectivity index (χ3n) is 6.55. The number of piperidine rings is 2. The summed E-state index contributed by atoms with van der Waals surface area (Å²) in [6, 6.07) is 9.17. The van der Waals surface area contributed by atoms with E-state index in [9.17, 15) is 4.79 Å². The Kier molecular flexibility index (Phi) is 6.95. The van der Waals surface area contributed by atoms with Gasteiger partial charge in [-0.25, -0.2) is 4.98 Å². The molecule has 1 aromatic carbocycles. The van der Waals surface area contributed by atoms with Gasteiger partial charge in [-0.15, -0.1) is 0 Å². The number of hydrogen-bond donors (Lipinski definition) is 1. The van der Waals surface area contributed by atoms with Gasteiger partial charge in [0.1, 0.15) is 5.82 Å². The highest BCUT2D eigenvalue weighted by molar-refractivity contribution is 5.79. The van der Waals surface area contributed by atoms with Gasteiger partial charge in [-0.05, 0) is 50.3 Å². The molecule has 1 N–H and O–H groups in total. The van der Waals surface area contributed by atoms with Gasteiger partial charge in [0.2, 0.25) is 5.91 Å². The normalized spacial score (nSPS) is 22.6. The van der Waals surface area contributed by atoms with Gasteiger partial charge in [0.25, 0.3) is 0 Å². The highest BCUT2D eigenvalue weighted by Crippen LogP contribution is 2.23. The number of nitrogens with zero attached hydrogens (tertiary/aromatic N) is 4. The molecule has 4 rings (SSSR count). The Balaban J connectivity index is 1.35. The number of hydrogen-bond acceptors (Lipinski definition) is 5. The summed E-state index contributed by atoms with van der Waals surface area (Å²) in [7, 11) is 0. The minimum Gasteiger partial charge on any atom is -0.355 e. The Bertz CT molecular complexity index is 827. The monoisotopic (exact) mass is 407 g/mol. The topological polar surface area (TPSA) is 61.4 Å². The van der Waals surface area contributed by atoms with Gasteiger partial charge < -0.3 is 10.2 Å². The second-order valence-corrected chi connectivity index (χ2v) is 8.65. The largest absolute Gasteiger partial charge is 0.355 e. The van der Waals surface area contributed by atoms with Crippen molar-refractivity contribution in [1.29, 1.82) is 0 Å². The quantitative estimate of drug-likeness (QED) is 0.795. The average molecular weight is 408 g/mol. The van der Waals surface area contributed by atoms with E-state index < -0.39 is 0 Å². The van der Waals surface area contributed by atoms with Crippen molar-refractivity contribution in [1.82, 2.24) is 20.2 Å². The highest BCUT2D eigenvalue weighted by Gasteiger charge is 2.26. The SMILES string of the molecule is C[C@@H]1CCCCN1Cc1ccccc1CNC(=O)[C@H]1CCCN(c2cnccn2)C1. The zero-order chi connectivity index (χ0) is 20.8. The predicted octanol–water partition coefficient (Wildman–Crippen LogP) is 3.38. The van der Waals surface area contributed by atoms with Crippen molar-refractivity contribution in [2.45, 2.75) is 58.2 Å². The highest BCUT2D eigenvalue weighted by atomic mass is 16.1. The fourth-order valence-corrected chi connectivity index (χ4v) is 4.68. The Labute approximate surface area is 179 Å². The maximum Gasteiger partial charge on any atom is 0.225 e. The van der Waals surface area contributed by atoms with Gasteiger partial charge in [-0.3, -0.25) is 14.7 Å². The first-order chi connectivity index (χ1) is 14.7. The van der Waals surface area contributed by atoms with Crippen molar-refractivity contribution in [3.8, 4) is 0 Å². The number of nitrogens with one attached hydrogen (secondary N) is 1. The standard InChI is InChI=1S/C24H33N5O/c1-19-7-4-5-13-28(19)17-21-9-3-2-8-20(21)15-27-24(30)22-10-6-14-29(18-22)23-16-25-11-12-26-23/h2-3,8-9,11-12,16,19,22H,4-7,10,13-15,17-18H2,1H3,(H,27,30)/t19-,22+/m1/s1. The Morgan fingerprint density at radius 2 is 1.97 bits per heavy atom. The summed E-state index contributed by atoms with van der Waals surface area (Å²) < 4.78 is 0. The zero-order valence-electron chi connectivity index (χ0n) is 18.0. The number of amides is 1. The number of benzene rings is 1. The number of carbonyl (C=O) groups is 1. The van der Waals surface area contributed by atoms with Crippen molar-refractivity contribution in [2.75, 3.05) is 24.5 Å². The van der Waals surface area contributed by atoms with Gasteiger partial charge in [0.15, 0.2) is 0 Å². The minimum atomic E-state index is -0.00460.